The maximum atomic E-state index is 13.5. The Labute approximate surface area is 114 Å². The van der Waals surface area contributed by atoms with E-state index in [0.717, 1.165) is 0 Å². The highest BCUT2D eigenvalue weighted by atomic mass is 35.5. The first-order chi connectivity index (χ1) is 8.99. The second-order valence-corrected chi connectivity index (χ2v) is 4.90. The van der Waals surface area contributed by atoms with Crippen LogP contribution in [0.4, 0.5) is 13.2 Å². The molecule has 0 bridgehead atoms. The number of hydrogen-bond acceptors (Lipinski definition) is 0. The number of alkyl halides is 1. The van der Waals surface area contributed by atoms with Gasteiger partial charge in [-0.2, -0.15) is 0 Å². The maximum absolute atomic E-state index is 13.5. The van der Waals surface area contributed by atoms with Crippen molar-refractivity contribution < 1.29 is 13.2 Å². The van der Waals surface area contributed by atoms with E-state index in [1.165, 1.54) is 30.3 Å². The fourth-order valence-electron chi connectivity index (χ4n) is 2.01. The SMILES string of the molecule is Cc1cc(F)ccc1C(Cl)Cc1c(F)cccc1F. The average molecular weight is 285 g/mol. The van der Waals surface area contributed by atoms with Crippen molar-refractivity contribution in [3.05, 3.63) is 70.5 Å². The second kappa shape index (κ2) is 5.66. The Bertz CT molecular complexity index is 576. The molecule has 2 rings (SSSR count). The summed E-state index contributed by atoms with van der Waals surface area (Å²) >= 11 is 6.19. The Hall–Kier alpha value is -1.48. The highest BCUT2D eigenvalue weighted by Gasteiger charge is 2.17. The predicted molar refractivity (Wildman–Crippen MR) is 69.8 cm³/mol. The van der Waals surface area contributed by atoms with Crippen LogP contribution in [0.15, 0.2) is 36.4 Å². The van der Waals surface area contributed by atoms with Crippen molar-refractivity contribution in [1.29, 1.82) is 0 Å². The number of benzene rings is 2. The molecule has 0 saturated heterocycles. The zero-order valence-electron chi connectivity index (χ0n) is 10.3. The van der Waals surface area contributed by atoms with E-state index in [0.29, 0.717) is 11.1 Å². The van der Waals surface area contributed by atoms with Crippen LogP contribution in [0.1, 0.15) is 22.1 Å². The van der Waals surface area contributed by atoms with E-state index in [2.05, 4.69) is 0 Å². The molecule has 0 nitrogen and oxygen atoms in total. The van der Waals surface area contributed by atoms with Crippen LogP contribution in [0.5, 0.6) is 0 Å². The normalized spacial score (nSPS) is 12.5. The van der Waals surface area contributed by atoms with Gasteiger partial charge >= 0.3 is 0 Å². The summed E-state index contributed by atoms with van der Waals surface area (Å²) in [5, 5.41) is -0.605. The van der Waals surface area contributed by atoms with E-state index in [9.17, 15) is 13.2 Å². The second-order valence-electron chi connectivity index (χ2n) is 4.37. The van der Waals surface area contributed by atoms with Crippen LogP contribution in [0, 0.1) is 24.4 Å². The number of rotatable bonds is 3. The van der Waals surface area contributed by atoms with Gasteiger partial charge in [0, 0.05) is 5.56 Å². The van der Waals surface area contributed by atoms with E-state index in [1.807, 2.05) is 0 Å². The summed E-state index contributed by atoms with van der Waals surface area (Å²) in [5.74, 6) is -1.60. The number of halogens is 4. The molecule has 0 fully saturated rings. The smallest absolute Gasteiger partial charge is 0.129 e. The van der Waals surface area contributed by atoms with Crippen molar-refractivity contribution in [1.82, 2.24) is 0 Å². The first-order valence-corrected chi connectivity index (χ1v) is 6.25. The van der Waals surface area contributed by atoms with Crippen LogP contribution in [0.25, 0.3) is 0 Å². The van der Waals surface area contributed by atoms with E-state index in [4.69, 9.17) is 11.6 Å². The van der Waals surface area contributed by atoms with Gasteiger partial charge in [-0.15, -0.1) is 11.6 Å². The van der Waals surface area contributed by atoms with Crippen LogP contribution >= 0.6 is 11.6 Å². The van der Waals surface area contributed by atoms with Crippen molar-refractivity contribution in [2.24, 2.45) is 0 Å². The molecule has 2 aromatic rings. The molecule has 100 valence electrons. The summed E-state index contributed by atoms with van der Waals surface area (Å²) in [6, 6.07) is 7.87. The lowest BCUT2D eigenvalue weighted by Crippen LogP contribution is -2.03. The lowest BCUT2D eigenvalue weighted by atomic mass is 9.99. The van der Waals surface area contributed by atoms with Gasteiger partial charge in [-0.3, -0.25) is 0 Å². The Kier molecular flexibility index (Phi) is 4.15. The molecule has 2 aromatic carbocycles. The van der Waals surface area contributed by atoms with Crippen molar-refractivity contribution in [2.45, 2.75) is 18.7 Å². The third-order valence-electron chi connectivity index (χ3n) is 3.01. The Morgan fingerprint density at radius 1 is 1.05 bits per heavy atom. The largest absolute Gasteiger partial charge is 0.207 e. The van der Waals surface area contributed by atoms with Gasteiger partial charge < -0.3 is 0 Å². The molecule has 4 heteroatoms. The monoisotopic (exact) mass is 284 g/mol. The molecule has 19 heavy (non-hydrogen) atoms. The molecule has 0 aliphatic heterocycles. The van der Waals surface area contributed by atoms with Crippen LogP contribution < -0.4 is 0 Å². The molecule has 0 amide bonds. The van der Waals surface area contributed by atoms with Gasteiger partial charge in [-0.05, 0) is 48.7 Å². The lowest BCUT2D eigenvalue weighted by molar-refractivity contribution is 0.552. The van der Waals surface area contributed by atoms with Crippen LogP contribution in [-0.4, -0.2) is 0 Å². The van der Waals surface area contributed by atoms with Crippen LogP contribution in [0.2, 0.25) is 0 Å². The molecule has 0 aliphatic rings. The molecule has 0 N–H and O–H groups in total. The van der Waals surface area contributed by atoms with E-state index in [-0.39, 0.29) is 17.8 Å². The van der Waals surface area contributed by atoms with Gasteiger partial charge in [-0.1, -0.05) is 12.1 Å². The molecule has 0 saturated carbocycles. The fraction of sp³-hybridized carbons (Fsp3) is 0.200. The molecule has 0 aromatic heterocycles. The van der Waals surface area contributed by atoms with Gasteiger partial charge in [-0.25, -0.2) is 13.2 Å². The van der Waals surface area contributed by atoms with E-state index in [1.54, 1.807) is 13.0 Å². The van der Waals surface area contributed by atoms with Crippen LogP contribution in [0.3, 0.4) is 0 Å². The van der Waals surface area contributed by atoms with E-state index >= 15 is 0 Å². The minimum Gasteiger partial charge on any atom is -0.207 e. The first-order valence-electron chi connectivity index (χ1n) is 5.82. The number of hydrogen-bond donors (Lipinski definition) is 0. The quantitative estimate of drug-likeness (QED) is 0.701. The molecule has 0 heterocycles. The molecule has 0 radical (unpaired) electrons. The van der Waals surface area contributed by atoms with Crippen LogP contribution in [-0.2, 0) is 6.42 Å². The van der Waals surface area contributed by atoms with Gasteiger partial charge in [0.15, 0.2) is 0 Å². The van der Waals surface area contributed by atoms with Crippen molar-refractivity contribution in [2.75, 3.05) is 0 Å². The minimum absolute atomic E-state index is 0.0204. The molecular weight excluding hydrogens is 273 g/mol. The highest BCUT2D eigenvalue weighted by molar-refractivity contribution is 6.21. The zero-order chi connectivity index (χ0) is 14.0. The third kappa shape index (κ3) is 3.10. The van der Waals surface area contributed by atoms with Crippen molar-refractivity contribution >= 4 is 11.6 Å². The Morgan fingerprint density at radius 3 is 2.26 bits per heavy atom. The highest BCUT2D eigenvalue weighted by Crippen LogP contribution is 2.29. The third-order valence-corrected chi connectivity index (χ3v) is 3.40. The predicted octanol–water partition coefficient (Wildman–Crippen LogP) is 4.93. The Balaban J connectivity index is 2.28. The maximum Gasteiger partial charge on any atom is 0.129 e. The van der Waals surface area contributed by atoms with Crippen molar-refractivity contribution in [3.63, 3.8) is 0 Å². The standard InChI is InChI=1S/C15H12ClF3/c1-9-7-10(17)5-6-11(9)13(16)8-12-14(18)3-2-4-15(12)19/h2-7,13H,8H2,1H3. The summed E-state index contributed by atoms with van der Waals surface area (Å²) < 4.78 is 40.1. The van der Waals surface area contributed by atoms with Gasteiger partial charge in [0.05, 0.1) is 5.38 Å². The summed E-state index contributed by atoms with van der Waals surface area (Å²) in [5.41, 5.74) is 1.29. The molecular formula is C15H12ClF3. The summed E-state index contributed by atoms with van der Waals surface area (Å²) in [4.78, 5) is 0. The van der Waals surface area contributed by atoms with Gasteiger partial charge in [0.2, 0.25) is 0 Å². The first kappa shape index (κ1) is 13.9. The fourth-order valence-corrected chi connectivity index (χ4v) is 2.41. The van der Waals surface area contributed by atoms with E-state index < -0.39 is 17.0 Å². The molecule has 1 atom stereocenters. The summed E-state index contributed by atoms with van der Waals surface area (Å²) in [7, 11) is 0. The topological polar surface area (TPSA) is 0 Å². The number of aryl methyl sites for hydroxylation is 1. The van der Waals surface area contributed by atoms with Gasteiger partial charge in [0.1, 0.15) is 17.5 Å². The molecule has 0 aliphatic carbocycles. The summed E-state index contributed by atoms with van der Waals surface area (Å²) in [6.45, 7) is 1.71. The summed E-state index contributed by atoms with van der Waals surface area (Å²) in [6.07, 6.45) is 0.0204. The minimum atomic E-state index is -0.620. The molecule has 1 unspecified atom stereocenters. The van der Waals surface area contributed by atoms with Crippen molar-refractivity contribution in [3.8, 4) is 0 Å². The van der Waals surface area contributed by atoms with Gasteiger partial charge in [0.25, 0.3) is 0 Å². The Morgan fingerprint density at radius 2 is 1.68 bits per heavy atom. The average Bonchev–Trinajstić information content (AvgIpc) is 2.33. The lowest BCUT2D eigenvalue weighted by Gasteiger charge is -2.14. The zero-order valence-corrected chi connectivity index (χ0v) is 11.0. The molecule has 0 spiro atoms.